The van der Waals surface area contributed by atoms with Crippen molar-refractivity contribution in [1.29, 1.82) is 0 Å². The molecule has 0 aromatic carbocycles. The lowest BCUT2D eigenvalue weighted by atomic mass is 10.0. The molecule has 0 saturated heterocycles. The maximum absolute atomic E-state index is 4.69. The number of aryl methyl sites for hydroxylation is 1. The Hall–Kier alpha value is -0.860. The van der Waals surface area contributed by atoms with Crippen molar-refractivity contribution in [2.45, 2.75) is 78.9 Å². The first kappa shape index (κ1) is 21.2. The predicted molar refractivity (Wildman–Crippen MR) is 110 cm³/mol. The van der Waals surface area contributed by atoms with Gasteiger partial charge in [0.25, 0.3) is 0 Å². The van der Waals surface area contributed by atoms with Crippen LogP contribution in [0, 0.1) is 5.92 Å². The Morgan fingerprint density at radius 2 is 2.04 bits per heavy atom. The van der Waals surface area contributed by atoms with E-state index in [1.807, 2.05) is 0 Å². The molecule has 0 spiro atoms. The summed E-state index contributed by atoms with van der Waals surface area (Å²) in [6.45, 7) is 11.4. The zero-order chi connectivity index (χ0) is 16.7. The monoisotopic (exact) mass is 448 g/mol. The van der Waals surface area contributed by atoms with Gasteiger partial charge in [0.1, 0.15) is 12.4 Å². The van der Waals surface area contributed by atoms with E-state index >= 15 is 0 Å². The van der Waals surface area contributed by atoms with Gasteiger partial charge in [-0.05, 0) is 32.6 Å². The smallest absolute Gasteiger partial charge is 0.191 e. The summed E-state index contributed by atoms with van der Waals surface area (Å²) in [6.07, 6.45) is 5.92. The SMILES string of the molecule is CCNC(=NCc1nnc2n1CCC2)NC(C)CCCC(C)C.I. The van der Waals surface area contributed by atoms with Gasteiger partial charge < -0.3 is 15.2 Å². The van der Waals surface area contributed by atoms with Gasteiger partial charge in [0.15, 0.2) is 11.8 Å². The van der Waals surface area contributed by atoms with Crippen molar-refractivity contribution < 1.29 is 0 Å². The minimum absolute atomic E-state index is 0. The molecule has 1 unspecified atom stereocenters. The number of nitrogens with zero attached hydrogens (tertiary/aromatic N) is 4. The summed E-state index contributed by atoms with van der Waals surface area (Å²) in [6, 6.07) is 0.427. The summed E-state index contributed by atoms with van der Waals surface area (Å²) < 4.78 is 2.21. The maximum atomic E-state index is 4.69. The first-order valence-electron chi connectivity index (χ1n) is 9.06. The van der Waals surface area contributed by atoms with Gasteiger partial charge in [-0.2, -0.15) is 0 Å². The Morgan fingerprint density at radius 1 is 1.25 bits per heavy atom. The van der Waals surface area contributed by atoms with E-state index in [2.05, 4.69) is 58.1 Å². The summed E-state index contributed by atoms with van der Waals surface area (Å²) in [5.41, 5.74) is 0. The molecule has 7 heteroatoms. The number of guanidine groups is 1. The molecule has 0 saturated carbocycles. The second-order valence-corrected chi connectivity index (χ2v) is 6.85. The number of rotatable bonds is 8. The van der Waals surface area contributed by atoms with E-state index in [9.17, 15) is 0 Å². The van der Waals surface area contributed by atoms with Crippen LogP contribution in [0.15, 0.2) is 4.99 Å². The summed E-state index contributed by atoms with van der Waals surface area (Å²) in [5, 5.41) is 15.3. The Balaban J connectivity index is 0.00000288. The van der Waals surface area contributed by atoms with E-state index in [1.165, 1.54) is 25.7 Å². The second-order valence-electron chi connectivity index (χ2n) is 6.85. The highest BCUT2D eigenvalue weighted by Crippen LogP contribution is 2.14. The molecule has 2 N–H and O–H groups in total. The summed E-state index contributed by atoms with van der Waals surface area (Å²) in [7, 11) is 0. The lowest BCUT2D eigenvalue weighted by Crippen LogP contribution is -2.42. The fourth-order valence-corrected chi connectivity index (χ4v) is 2.94. The number of nitrogens with one attached hydrogen (secondary N) is 2. The van der Waals surface area contributed by atoms with Crippen LogP contribution in [0.1, 0.15) is 65.0 Å². The molecule has 2 heterocycles. The summed E-state index contributed by atoms with van der Waals surface area (Å²) >= 11 is 0. The number of halogens is 1. The third-order valence-electron chi connectivity index (χ3n) is 4.21. The first-order valence-corrected chi connectivity index (χ1v) is 9.06. The number of hydrogen-bond acceptors (Lipinski definition) is 3. The molecule has 1 aliphatic rings. The Bertz CT molecular complexity index is 511. The molecule has 1 aliphatic heterocycles. The van der Waals surface area contributed by atoms with Gasteiger partial charge in [-0.1, -0.05) is 26.7 Å². The zero-order valence-electron chi connectivity index (χ0n) is 15.5. The summed E-state index contributed by atoms with van der Waals surface area (Å²) in [5.74, 6) is 3.73. The highest BCUT2D eigenvalue weighted by Gasteiger charge is 2.16. The molecule has 0 aliphatic carbocycles. The molecule has 0 radical (unpaired) electrons. The number of hydrogen-bond donors (Lipinski definition) is 2. The average Bonchev–Trinajstić information content (AvgIpc) is 3.08. The lowest BCUT2D eigenvalue weighted by Gasteiger charge is -2.18. The molecular formula is C17H33IN6. The Kier molecular flexibility index (Phi) is 9.61. The minimum Gasteiger partial charge on any atom is -0.357 e. The van der Waals surface area contributed by atoms with Crippen LogP contribution >= 0.6 is 24.0 Å². The molecule has 1 atom stereocenters. The van der Waals surface area contributed by atoms with E-state index in [-0.39, 0.29) is 24.0 Å². The van der Waals surface area contributed by atoms with Crippen molar-refractivity contribution in [3.63, 3.8) is 0 Å². The van der Waals surface area contributed by atoms with Crippen LogP contribution in [-0.2, 0) is 19.5 Å². The Morgan fingerprint density at radius 3 is 2.75 bits per heavy atom. The van der Waals surface area contributed by atoms with Crippen LogP contribution in [0.2, 0.25) is 0 Å². The van der Waals surface area contributed by atoms with Crippen molar-refractivity contribution in [2.75, 3.05) is 6.54 Å². The third-order valence-corrected chi connectivity index (χ3v) is 4.21. The Labute approximate surface area is 163 Å². The fourth-order valence-electron chi connectivity index (χ4n) is 2.94. The molecule has 6 nitrogen and oxygen atoms in total. The standard InChI is InChI=1S/C17H32N6.HI/c1-5-18-17(20-14(4)9-6-8-13(2)3)19-12-16-22-21-15-10-7-11-23(15)16;/h13-14H,5-12H2,1-4H3,(H2,18,19,20);1H. The maximum Gasteiger partial charge on any atom is 0.191 e. The van der Waals surface area contributed by atoms with Crippen LogP contribution in [0.5, 0.6) is 0 Å². The van der Waals surface area contributed by atoms with E-state index < -0.39 is 0 Å². The molecule has 24 heavy (non-hydrogen) atoms. The van der Waals surface area contributed by atoms with Crippen molar-refractivity contribution in [2.24, 2.45) is 10.9 Å². The molecule has 0 amide bonds. The second kappa shape index (κ2) is 10.9. The zero-order valence-corrected chi connectivity index (χ0v) is 17.8. The third kappa shape index (κ3) is 6.57. The van der Waals surface area contributed by atoms with Crippen molar-refractivity contribution in [3.8, 4) is 0 Å². The largest absolute Gasteiger partial charge is 0.357 e. The van der Waals surface area contributed by atoms with Crippen molar-refractivity contribution in [1.82, 2.24) is 25.4 Å². The van der Waals surface area contributed by atoms with E-state index in [0.29, 0.717) is 12.6 Å². The van der Waals surface area contributed by atoms with E-state index in [4.69, 9.17) is 0 Å². The minimum atomic E-state index is 0. The molecule has 1 aromatic heterocycles. The van der Waals surface area contributed by atoms with Gasteiger partial charge >= 0.3 is 0 Å². The van der Waals surface area contributed by atoms with Gasteiger partial charge in [-0.25, -0.2) is 4.99 Å². The average molecular weight is 448 g/mol. The fraction of sp³-hybridized carbons (Fsp3) is 0.824. The molecule has 138 valence electrons. The highest BCUT2D eigenvalue weighted by molar-refractivity contribution is 14.0. The predicted octanol–water partition coefficient (Wildman–Crippen LogP) is 3.11. The van der Waals surface area contributed by atoms with E-state index in [1.54, 1.807) is 0 Å². The van der Waals surface area contributed by atoms with Gasteiger partial charge in [-0.3, -0.25) is 0 Å². The highest BCUT2D eigenvalue weighted by atomic mass is 127. The van der Waals surface area contributed by atoms with Crippen LogP contribution in [0.4, 0.5) is 0 Å². The van der Waals surface area contributed by atoms with Crippen molar-refractivity contribution >= 4 is 29.9 Å². The summed E-state index contributed by atoms with van der Waals surface area (Å²) in [4.78, 5) is 4.69. The van der Waals surface area contributed by atoms with Crippen LogP contribution < -0.4 is 10.6 Å². The van der Waals surface area contributed by atoms with Crippen LogP contribution in [0.3, 0.4) is 0 Å². The first-order chi connectivity index (χ1) is 11.1. The normalized spacial score (nSPS) is 15.1. The van der Waals surface area contributed by atoms with Gasteiger partial charge in [-0.15, -0.1) is 34.2 Å². The van der Waals surface area contributed by atoms with E-state index in [0.717, 1.165) is 43.0 Å². The van der Waals surface area contributed by atoms with Gasteiger partial charge in [0, 0.05) is 25.6 Å². The number of fused-ring (bicyclic) bond motifs is 1. The molecule has 2 rings (SSSR count). The van der Waals surface area contributed by atoms with Gasteiger partial charge in [0.05, 0.1) is 0 Å². The molecule has 0 fully saturated rings. The molecular weight excluding hydrogens is 415 g/mol. The van der Waals surface area contributed by atoms with Gasteiger partial charge in [0.2, 0.25) is 0 Å². The number of aliphatic imine (C=N–C) groups is 1. The van der Waals surface area contributed by atoms with Crippen LogP contribution in [-0.4, -0.2) is 33.3 Å². The molecule has 0 bridgehead atoms. The number of aromatic nitrogens is 3. The molecule has 1 aromatic rings. The van der Waals surface area contributed by atoms with Crippen LogP contribution in [0.25, 0.3) is 0 Å². The lowest BCUT2D eigenvalue weighted by molar-refractivity contribution is 0.491. The quantitative estimate of drug-likeness (QED) is 0.365. The van der Waals surface area contributed by atoms with Crippen molar-refractivity contribution in [3.05, 3.63) is 11.6 Å². The topological polar surface area (TPSA) is 67.1 Å².